The van der Waals surface area contributed by atoms with Crippen LogP contribution in [0.1, 0.15) is 17.3 Å². The number of ether oxygens (including phenoxy) is 1. The van der Waals surface area contributed by atoms with Gasteiger partial charge in [0, 0.05) is 22.6 Å². The number of benzene rings is 2. The molecule has 22 heavy (non-hydrogen) atoms. The molecule has 0 spiro atoms. The van der Waals surface area contributed by atoms with Gasteiger partial charge in [0.2, 0.25) is 5.91 Å². The number of amides is 2. The Balaban J connectivity index is 2.22. The standard InChI is InChI=1S/C16H15BrN2O3/c1-10(20)18-14-9-13(6-7-15(14)22-2)19-16(21)11-4-3-5-12(17)8-11/h3-9H,1-2H3,(H,18,20)(H,19,21). The highest BCUT2D eigenvalue weighted by molar-refractivity contribution is 9.10. The molecule has 2 N–H and O–H groups in total. The third kappa shape index (κ3) is 4.08. The number of hydrogen-bond donors (Lipinski definition) is 2. The Morgan fingerprint density at radius 1 is 1.09 bits per heavy atom. The van der Waals surface area contributed by atoms with E-state index in [1.165, 1.54) is 14.0 Å². The van der Waals surface area contributed by atoms with Gasteiger partial charge in [-0.3, -0.25) is 9.59 Å². The molecule has 0 atom stereocenters. The van der Waals surface area contributed by atoms with E-state index in [0.717, 1.165) is 4.47 Å². The van der Waals surface area contributed by atoms with Crippen LogP contribution in [-0.2, 0) is 4.79 Å². The summed E-state index contributed by atoms with van der Waals surface area (Å²) in [6, 6.07) is 12.1. The lowest BCUT2D eigenvalue weighted by molar-refractivity contribution is -0.114. The van der Waals surface area contributed by atoms with Gasteiger partial charge in [0.05, 0.1) is 12.8 Å². The maximum atomic E-state index is 12.2. The zero-order chi connectivity index (χ0) is 16.1. The molecule has 0 aromatic heterocycles. The number of anilines is 2. The predicted octanol–water partition coefficient (Wildman–Crippen LogP) is 3.67. The van der Waals surface area contributed by atoms with Crippen LogP contribution in [0.15, 0.2) is 46.9 Å². The van der Waals surface area contributed by atoms with Crippen molar-refractivity contribution in [2.45, 2.75) is 6.92 Å². The second-order valence-electron chi connectivity index (χ2n) is 4.56. The lowest BCUT2D eigenvalue weighted by Gasteiger charge is -2.12. The minimum Gasteiger partial charge on any atom is -0.495 e. The summed E-state index contributed by atoms with van der Waals surface area (Å²) in [5.41, 5.74) is 1.60. The largest absolute Gasteiger partial charge is 0.495 e. The lowest BCUT2D eigenvalue weighted by atomic mass is 10.2. The topological polar surface area (TPSA) is 67.4 Å². The molecule has 0 saturated heterocycles. The van der Waals surface area contributed by atoms with Crippen LogP contribution in [0.3, 0.4) is 0 Å². The molecule has 0 aliphatic heterocycles. The smallest absolute Gasteiger partial charge is 0.255 e. The fourth-order valence-corrected chi connectivity index (χ4v) is 2.31. The minimum atomic E-state index is -0.236. The highest BCUT2D eigenvalue weighted by Gasteiger charge is 2.10. The van der Waals surface area contributed by atoms with Gasteiger partial charge in [0.15, 0.2) is 0 Å². The first-order valence-electron chi connectivity index (χ1n) is 6.52. The van der Waals surface area contributed by atoms with Crippen LogP contribution >= 0.6 is 15.9 Å². The summed E-state index contributed by atoms with van der Waals surface area (Å²) < 4.78 is 6.00. The molecule has 2 aromatic carbocycles. The minimum absolute atomic E-state index is 0.214. The van der Waals surface area contributed by atoms with E-state index < -0.39 is 0 Å². The van der Waals surface area contributed by atoms with E-state index in [2.05, 4.69) is 26.6 Å². The van der Waals surface area contributed by atoms with Crippen LogP contribution in [0.4, 0.5) is 11.4 Å². The summed E-state index contributed by atoms with van der Waals surface area (Å²) >= 11 is 3.33. The maximum absolute atomic E-state index is 12.2. The average Bonchev–Trinajstić information content (AvgIpc) is 2.47. The molecule has 2 aromatic rings. The molecular weight excluding hydrogens is 348 g/mol. The summed E-state index contributed by atoms with van der Waals surface area (Å²) in [5.74, 6) is 0.0738. The quantitative estimate of drug-likeness (QED) is 0.871. The highest BCUT2D eigenvalue weighted by Crippen LogP contribution is 2.28. The van der Waals surface area contributed by atoms with Crippen molar-refractivity contribution in [1.82, 2.24) is 0 Å². The zero-order valence-electron chi connectivity index (χ0n) is 12.1. The second kappa shape index (κ2) is 7.09. The Labute approximate surface area is 136 Å². The molecule has 2 amide bonds. The SMILES string of the molecule is COc1ccc(NC(=O)c2cccc(Br)c2)cc1NC(C)=O. The molecular formula is C16H15BrN2O3. The molecule has 114 valence electrons. The van der Waals surface area contributed by atoms with E-state index in [1.54, 1.807) is 36.4 Å². The van der Waals surface area contributed by atoms with Crippen molar-refractivity contribution in [1.29, 1.82) is 0 Å². The highest BCUT2D eigenvalue weighted by atomic mass is 79.9. The molecule has 0 fully saturated rings. The second-order valence-corrected chi connectivity index (χ2v) is 5.48. The van der Waals surface area contributed by atoms with Crippen LogP contribution in [-0.4, -0.2) is 18.9 Å². The first kappa shape index (κ1) is 16.0. The first-order chi connectivity index (χ1) is 10.5. The number of nitrogens with one attached hydrogen (secondary N) is 2. The number of methoxy groups -OCH3 is 1. The van der Waals surface area contributed by atoms with Crippen LogP contribution in [0.5, 0.6) is 5.75 Å². The van der Waals surface area contributed by atoms with E-state index in [1.807, 2.05) is 6.07 Å². The normalized spacial score (nSPS) is 9.95. The number of rotatable bonds is 4. The molecule has 0 unspecified atom stereocenters. The molecule has 0 radical (unpaired) electrons. The summed E-state index contributed by atoms with van der Waals surface area (Å²) in [4.78, 5) is 23.4. The molecule has 0 bridgehead atoms. The number of halogens is 1. The Kier molecular flexibility index (Phi) is 5.16. The third-order valence-corrected chi connectivity index (χ3v) is 3.35. The predicted molar refractivity (Wildman–Crippen MR) is 89.4 cm³/mol. The van der Waals surface area contributed by atoms with Crippen LogP contribution in [0.25, 0.3) is 0 Å². The summed E-state index contributed by atoms with van der Waals surface area (Å²) in [5, 5.41) is 5.45. The van der Waals surface area contributed by atoms with E-state index in [4.69, 9.17) is 4.74 Å². The summed E-state index contributed by atoms with van der Waals surface area (Å²) in [7, 11) is 1.51. The Bertz CT molecular complexity index is 716. The molecule has 6 heteroatoms. The van der Waals surface area contributed by atoms with Gasteiger partial charge in [-0.1, -0.05) is 22.0 Å². The Morgan fingerprint density at radius 2 is 1.86 bits per heavy atom. The van der Waals surface area contributed by atoms with Crippen molar-refractivity contribution >= 4 is 39.1 Å². The Hall–Kier alpha value is -2.34. The van der Waals surface area contributed by atoms with Gasteiger partial charge < -0.3 is 15.4 Å². The van der Waals surface area contributed by atoms with Crippen LogP contribution < -0.4 is 15.4 Å². The molecule has 0 aliphatic carbocycles. The van der Waals surface area contributed by atoms with Gasteiger partial charge in [-0.2, -0.15) is 0 Å². The van der Waals surface area contributed by atoms with Crippen molar-refractivity contribution < 1.29 is 14.3 Å². The zero-order valence-corrected chi connectivity index (χ0v) is 13.7. The lowest BCUT2D eigenvalue weighted by Crippen LogP contribution is -2.13. The van der Waals surface area contributed by atoms with E-state index in [-0.39, 0.29) is 11.8 Å². The Morgan fingerprint density at radius 3 is 2.50 bits per heavy atom. The number of carbonyl (C=O) groups excluding carboxylic acids is 2. The van der Waals surface area contributed by atoms with Gasteiger partial charge in [-0.05, 0) is 36.4 Å². The van der Waals surface area contributed by atoms with E-state index in [0.29, 0.717) is 22.7 Å². The van der Waals surface area contributed by atoms with Crippen molar-refractivity contribution in [2.75, 3.05) is 17.7 Å². The van der Waals surface area contributed by atoms with Crippen molar-refractivity contribution in [3.63, 3.8) is 0 Å². The molecule has 5 nitrogen and oxygen atoms in total. The monoisotopic (exact) mass is 362 g/mol. The maximum Gasteiger partial charge on any atom is 0.255 e. The molecule has 0 aliphatic rings. The first-order valence-corrected chi connectivity index (χ1v) is 7.31. The van der Waals surface area contributed by atoms with E-state index in [9.17, 15) is 9.59 Å². The summed E-state index contributed by atoms with van der Waals surface area (Å²) in [6.45, 7) is 1.41. The average molecular weight is 363 g/mol. The van der Waals surface area contributed by atoms with Gasteiger partial charge in [0.25, 0.3) is 5.91 Å². The third-order valence-electron chi connectivity index (χ3n) is 2.85. The fraction of sp³-hybridized carbons (Fsp3) is 0.125. The van der Waals surface area contributed by atoms with Crippen molar-refractivity contribution in [2.24, 2.45) is 0 Å². The number of hydrogen-bond acceptors (Lipinski definition) is 3. The van der Waals surface area contributed by atoms with Crippen LogP contribution in [0, 0.1) is 0 Å². The van der Waals surface area contributed by atoms with Gasteiger partial charge >= 0.3 is 0 Å². The van der Waals surface area contributed by atoms with Crippen molar-refractivity contribution in [3.05, 3.63) is 52.5 Å². The van der Waals surface area contributed by atoms with Crippen molar-refractivity contribution in [3.8, 4) is 5.75 Å². The molecule has 2 rings (SSSR count). The van der Waals surface area contributed by atoms with Crippen LogP contribution in [0.2, 0.25) is 0 Å². The van der Waals surface area contributed by atoms with Gasteiger partial charge in [-0.15, -0.1) is 0 Å². The van der Waals surface area contributed by atoms with Gasteiger partial charge in [-0.25, -0.2) is 0 Å². The molecule has 0 heterocycles. The summed E-state index contributed by atoms with van der Waals surface area (Å²) in [6.07, 6.45) is 0. The number of carbonyl (C=O) groups is 2. The fourth-order valence-electron chi connectivity index (χ4n) is 1.91. The van der Waals surface area contributed by atoms with E-state index >= 15 is 0 Å². The molecule has 0 saturated carbocycles. The van der Waals surface area contributed by atoms with Gasteiger partial charge in [0.1, 0.15) is 5.75 Å².